The van der Waals surface area contributed by atoms with Crippen LogP contribution in [0.4, 0.5) is 13.2 Å². The van der Waals surface area contributed by atoms with E-state index in [4.69, 9.17) is 25.2 Å². The molecular weight excluding hydrogens is 781 g/mol. The number of β-amino-alcohol motifs (C(OH)–C–C–N with tert-alkyl or cyclic N) is 1. The summed E-state index contributed by atoms with van der Waals surface area (Å²) in [7, 11) is 0. The van der Waals surface area contributed by atoms with Gasteiger partial charge in [0.25, 0.3) is 0 Å². The van der Waals surface area contributed by atoms with Gasteiger partial charge in [0.1, 0.15) is 31.0 Å². The molecule has 5 aromatic rings. The molecule has 0 bridgehead atoms. The zero-order valence-electron chi connectivity index (χ0n) is 31.8. The number of oxazole rings is 1. The second-order valence-electron chi connectivity index (χ2n) is 15.2. The first-order valence-corrected chi connectivity index (χ1v) is 19.3. The maximum atomic E-state index is 14.2. The molecule has 0 spiro atoms. The van der Waals surface area contributed by atoms with E-state index in [0.717, 1.165) is 10.9 Å². The number of hydrogen-bond donors (Lipinski definition) is 4. The lowest BCUT2D eigenvalue weighted by Gasteiger charge is -2.46. The number of carbonyl (C=O) groups excluding carboxylic acids is 2. The first-order valence-electron chi connectivity index (χ1n) is 18.9. The van der Waals surface area contributed by atoms with Crippen LogP contribution in [0.25, 0.3) is 22.3 Å². The third-order valence-electron chi connectivity index (χ3n) is 10.8. The fraction of sp³-hybridized carbons (Fsp3) is 0.415. The summed E-state index contributed by atoms with van der Waals surface area (Å²) >= 11 is 6.05. The van der Waals surface area contributed by atoms with Crippen LogP contribution in [0.2, 0.25) is 5.02 Å². The van der Waals surface area contributed by atoms with Crippen molar-refractivity contribution in [3.8, 4) is 17.1 Å². The number of carbonyl (C=O) groups is 2. The molecule has 2 amide bonds. The second-order valence-corrected chi connectivity index (χ2v) is 15.6. The number of fused-ring (bicyclic) bond motifs is 2. The SMILES string of the molecule is CC(C)(c1ncc(-c2ccc(Cl)cc2)o1)N1CCN(C[C@@H](O)CC(Cc2coc3cnccc23)C(=O)N[C@H]2c3ccccc3OC[C@H]2O)[C@H](C(=O)NCC(F)(F)F)C1. The van der Waals surface area contributed by atoms with E-state index in [1.807, 2.05) is 24.1 Å². The van der Waals surface area contributed by atoms with Crippen molar-refractivity contribution >= 4 is 34.4 Å². The Kier molecular flexibility index (Phi) is 12.1. The molecule has 2 aliphatic rings. The number of amides is 2. The number of furan rings is 1. The van der Waals surface area contributed by atoms with Gasteiger partial charge >= 0.3 is 6.18 Å². The number of aromatic nitrogens is 2. The van der Waals surface area contributed by atoms with Gasteiger partial charge in [-0.15, -0.1) is 0 Å². The van der Waals surface area contributed by atoms with Crippen LogP contribution in [-0.4, -0.2) is 106 Å². The first kappa shape index (κ1) is 41.2. The van der Waals surface area contributed by atoms with Crippen molar-refractivity contribution in [3.05, 3.63) is 101 Å². The summed E-state index contributed by atoms with van der Waals surface area (Å²) in [5.41, 5.74) is 1.68. The average Bonchev–Trinajstić information content (AvgIpc) is 3.87. The van der Waals surface area contributed by atoms with Crippen molar-refractivity contribution in [1.29, 1.82) is 0 Å². The number of alkyl halides is 3. The standard InChI is InChI=1S/C41H44ClF3N6O7/c1-40(2,39-47-18-34(58-39)24-7-9-27(42)10-8-24)51-14-13-50(31(20-51)38(55)48-23-41(43,44)45)19-28(52)16-25(15-26-21-56-35-17-46-12-11-29(26)35)37(54)49-36-30-5-3-4-6-33(30)57-22-32(36)53/h3-12,17-18,21,25,28,31-32,36,52-53H,13-16,19-20,22-23H2,1-2H3,(H,48,55)(H,49,54)/t25?,28-,31-,32+,36-/m0/s1. The lowest BCUT2D eigenvalue weighted by Crippen LogP contribution is -2.63. The summed E-state index contributed by atoms with van der Waals surface area (Å²) < 4.78 is 57.4. The Morgan fingerprint density at radius 3 is 2.62 bits per heavy atom. The van der Waals surface area contributed by atoms with E-state index in [2.05, 4.69) is 15.3 Å². The molecule has 5 heterocycles. The number of benzene rings is 2. The number of ether oxygens (including phenoxy) is 1. The summed E-state index contributed by atoms with van der Waals surface area (Å²) in [4.78, 5) is 39.9. The monoisotopic (exact) mass is 824 g/mol. The molecule has 1 unspecified atom stereocenters. The molecule has 7 rings (SSSR count). The Hall–Kier alpha value is -5.00. The number of aliphatic hydroxyl groups excluding tert-OH is 2. The number of piperazine rings is 1. The van der Waals surface area contributed by atoms with E-state index in [1.54, 1.807) is 78.1 Å². The van der Waals surface area contributed by atoms with E-state index < -0.39 is 60.3 Å². The van der Waals surface area contributed by atoms with Crippen molar-refractivity contribution in [3.63, 3.8) is 0 Å². The summed E-state index contributed by atoms with van der Waals surface area (Å²) in [6, 6.07) is 14.0. The summed E-state index contributed by atoms with van der Waals surface area (Å²) in [6.45, 7) is 2.55. The van der Waals surface area contributed by atoms with Crippen LogP contribution >= 0.6 is 11.6 Å². The molecular formula is C41H44ClF3N6O7. The Morgan fingerprint density at radius 2 is 1.84 bits per heavy atom. The minimum atomic E-state index is -4.64. The van der Waals surface area contributed by atoms with Crippen molar-refractivity contribution in [1.82, 2.24) is 30.4 Å². The van der Waals surface area contributed by atoms with Crippen LogP contribution in [0.15, 0.2) is 88.3 Å². The predicted octanol–water partition coefficient (Wildman–Crippen LogP) is 5.26. The average molecular weight is 825 g/mol. The quantitative estimate of drug-likeness (QED) is 0.122. The summed E-state index contributed by atoms with van der Waals surface area (Å²) in [6.07, 6.45) is -0.547. The zero-order chi connectivity index (χ0) is 41.2. The van der Waals surface area contributed by atoms with Gasteiger partial charge in [-0.05, 0) is 68.7 Å². The molecule has 13 nitrogen and oxygen atoms in total. The number of para-hydroxylation sites is 1. The van der Waals surface area contributed by atoms with Crippen molar-refractivity contribution in [2.45, 2.75) is 62.7 Å². The molecule has 4 N–H and O–H groups in total. The van der Waals surface area contributed by atoms with Crippen LogP contribution < -0.4 is 15.4 Å². The zero-order valence-corrected chi connectivity index (χ0v) is 32.5. The van der Waals surface area contributed by atoms with Crippen LogP contribution in [-0.2, 0) is 21.5 Å². The highest BCUT2D eigenvalue weighted by molar-refractivity contribution is 6.30. The second kappa shape index (κ2) is 17.1. The molecule has 5 atom stereocenters. The van der Waals surface area contributed by atoms with E-state index in [-0.39, 0.29) is 39.1 Å². The number of nitrogens with zero attached hydrogens (tertiary/aromatic N) is 4. The molecule has 1 fully saturated rings. The van der Waals surface area contributed by atoms with Crippen molar-refractivity contribution in [2.75, 3.05) is 39.3 Å². The molecule has 0 radical (unpaired) electrons. The Balaban J connectivity index is 1.10. The largest absolute Gasteiger partial charge is 0.490 e. The maximum Gasteiger partial charge on any atom is 0.405 e. The van der Waals surface area contributed by atoms with Gasteiger partial charge in [-0.1, -0.05) is 29.8 Å². The van der Waals surface area contributed by atoms with E-state index in [1.165, 1.54) is 6.26 Å². The molecule has 308 valence electrons. The van der Waals surface area contributed by atoms with Crippen molar-refractivity contribution < 1.29 is 46.5 Å². The van der Waals surface area contributed by atoms with Gasteiger partial charge in [0.05, 0.1) is 36.3 Å². The fourth-order valence-corrected chi connectivity index (χ4v) is 7.78. The molecule has 58 heavy (non-hydrogen) atoms. The molecule has 2 aliphatic heterocycles. The Labute approximate surface area is 337 Å². The van der Waals surface area contributed by atoms with Gasteiger partial charge in [0.2, 0.25) is 17.7 Å². The van der Waals surface area contributed by atoms with Crippen LogP contribution in [0, 0.1) is 5.92 Å². The van der Waals surface area contributed by atoms with E-state index >= 15 is 0 Å². The van der Waals surface area contributed by atoms with Gasteiger partial charge in [-0.3, -0.25) is 24.4 Å². The summed E-state index contributed by atoms with van der Waals surface area (Å²) in [5, 5.41) is 28.9. The van der Waals surface area contributed by atoms with Crippen LogP contribution in [0.1, 0.15) is 43.3 Å². The van der Waals surface area contributed by atoms with Crippen LogP contribution in [0.5, 0.6) is 5.75 Å². The minimum Gasteiger partial charge on any atom is -0.490 e. The normalized spacial score (nSPS) is 20.2. The third-order valence-corrected chi connectivity index (χ3v) is 11.1. The van der Waals surface area contributed by atoms with Crippen LogP contribution in [0.3, 0.4) is 0 Å². The lowest BCUT2D eigenvalue weighted by molar-refractivity contribution is -0.144. The van der Waals surface area contributed by atoms with E-state index in [9.17, 15) is 33.0 Å². The molecule has 1 saturated heterocycles. The Morgan fingerprint density at radius 1 is 1.07 bits per heavy atom. The summed E-state index contributed by atoms with van der Waals surface area (Å²) in [5.74, 6) is -0.796. The maximum absolute atomic E-state index is 14.2. The van der Waals surface area contributed by atoms with Gasteiger partial charge < -0.3 is 34.4 Å². The Bertz CT molecular complexity index is 2210. The van der Waals surface area contributed by atoms with Gasteiger partial charge in [-0.2, -0.15) is 13.2 Å². The highest BCUT2D eigenvalue weighted by atomic mass is 35.5. The number of pyridine rings is 1. The molecule has 0 aliphatic carbocycles. The highest BCUT2D eigenvalue weighted by Gasteiger charge is 2.43. The highest BCUT2D eigenvalue weighted by Crippen LogP contribution is 2.35. The van der Waals surface area contributed by atoms with Gasteiger partial charge in [-0.25, -0.2) is 4.98 Å². The number of aliphatic hydroxyl groups is 2. The third kappa shape index (κ3) is 9.31. The smallest absolute Gasteiger partial charge is 0.405 e. The fourth-order valence-electron chi connectivity index (χ4n) is 7.65. The minimum absolute atomic E-state index is 0.0118. The number of hydrogen-bond acceptors (Lipinski definition) is 11. The topological polar surface area (TPSA) is 166 Å². The molecule has 3 aromatic heterocycles. The van der Waals surface area contributed by atoms with Crippen molar-refractivity contribution in [2.24, 2.45) is 5.92 Å². The molecule has 17 heteroatoms. The lowest BCUT2D eigenvalue weighted by atomic mass is 9.90. The molecule has 2 aromatic carbocycles. The molecule has 0 saturated carbocycles. The number of nitrogens with one attached hydrogen (secondary N) is 2. The number of rotatable bonds is 13. The first-order chi connectivity index (χ1) is 27.7. The van der Waals surface area contributed by atoms with E-state index in [0.29, 0.717) is 45.7 Å². The van der Waals surface area contributed by atoms with Gasteiger partial charge in [0, 0.05) is 59.8 Å². The predicted molar refractivity (Wildman–Crippen MR) is 207 cm³/mol. The van der Waals surface area contributed by atoms with Gasteiger partial charge in [0.15, 0.2) is 11.3 Å². The number of halogens is 4.